The zero-order valence-corrected chi connectivity index (χ0v) is 14.5. The number of thioether (sulfide) groups is 1. The molecule has 0 saturated carbocycles. The number of rotatable bonds is 5. The predicted octanol–water partition coefficient (Wildman–Crippen LogP) is 4.41. The minimum Gasteiger partial charge on any atom is -0.301 e. The molecule has 6 heteroatoms. The van der Waals surface area contributed by atoms with Gasteiger partial charge in [0.2, 0.25) is 0 Å². The van der Waals surface area contributed by atoms with E-state index in [4.69, 9.17) is 0 Å². The third-order valence-corrected chi connectivity index (χ3v) is 4.72. The molecule has 2 aromatic heterocycles. The van der Waals surface area contributed by atoms with Gasteiger partial charge in [0, 0.05) is 23.0 Å². The largest absolute Gasteiger partial charge is 0.301 e. The molecule has 1 aromatic carbocycles. The van der Waals surface area contributed by atoms with Crippen LogP contribution < -0.4 is 0 Å². The molecule has 0 aliphatic rings. The number of nitrogens with zero attached hydrogens (tertiary/aromatic N) is 4. The topological polar surface area (TPSA) is 43.6 Å². The lowest BCUT2D eigenvalue weighted by Crippen LogP contribution is -2.00. The lowest BCUT2D eigenvalue weighted by Gasteiger charge is -2.07. The third kappa shape index (κ3) is 3.39. The second kappa shape index (κ2) is 7.07. The van der Waals surface area contributed by atoms with E-state index >= 15 is 0 Å². The van der Waals surface area contributed by atoms with Crippen LogP contribution in [0.3, 0.4) is 0 Å². The molecule has 22 heavy (non-hydrogen) atoms. The monoisotopic (exact) mass is 374 g/mol. The maximum Gasteiger partial charge on any atom is 0.191 e. The van der Waals surface area contributed by atoms with Gasteiger partial charge in [-0.25, -0.2) is 0 Å². The van der Waals surface area contributed by atoms with Gasteiger partial charge in [-0.1, -0.05) is 45.9 Å². The fourth-order valence-corrected chi connectivity index (χ4v) is 3.53. The Morgan fingerprint density at radius 3 is 2.77 bits per heavy atom. The second-order valence-electron chi connectivity index (χ2n) is 4.68. The lowest BCUT2D eigenvalue weighted by molar-refractivity contribution is 0.686. The summed E-state index contributed by atoms with van der Waals surface area (Å²) in [5.74, 6) is 1.68. The Hall–Kier alpha value is -1.66. The van der Waals surface area contributed by atoms with Crippen molar-refractivity contribution in [3.05, 3.63) is 58.7 Å². The summed E-state index contributed by atoms with van der Waals surface area (Å²) in [6.45, 7) is 2.92. The molecule has 0 spiro atoms. The van der Waals surface area contributed by atoms with Crippen LogP contribution in [-0.2, 0) is 12.3 Å². The molecule has 0 fully saturated rings. The average molecular weight is 375 g/mol. The Bertz CT molecular complexity index is 758. The van der Waals surface area contributed by atoms with E-state index in [2.05, 4.69) is 54.7 Å². The molecule has 3 rings (SSSR count). The quantitative estimate of drug-likeness (QED) is 0.620. The molecule has 0 N–H and O–H groups in total. The van der Waals surface area contributed by atoms with Crippen molar-refractivity contribution in [2.75, 3.05) is 0 Å². The van der Waals surface area contributed by atoms with E-state index in [1.54, 1.807) is 18.0 Å². The highest BCUT2D eigenvalue weighted by atomic mass is 79.9. The van der Waals surface area contributed by atoms with Crippen molar-refractivity contribution in [3.63, 3.8) is 0 Å². The molecule has 3 aromatic rings. The molecule has 0 amide bonds. The predicted molar refractivity (Wildman–Crippen MR) is 92.6 cm³/mol. The third-order valence-electron chi connectivity index (χ3n) is 3.18. The van der Waals surface area contributed by atoms with Crippen LogP contribution in [-0.4, -0.2) is 19.7 Å². The van der Waals surface area contributed by atoms with E-state index in [0.29, 0.717) is 0 Å². The van der Waals surface area contributed by atoms with Gasteiger partial charge in [-0.15, -0.1) is 10.2 Å². The molecule has 0 saturated heterocycles. The first kappa shape index (κ1) is 15.2. The van der Waals surface area contributed by atoms with Crippen molar-refractivity contribution in [2.24, 2.45) is 0 Å². The average Bonchev–Trinajstić information content (AvgIpc) is 2.97. The first-order chi connectivity index (χ1) is 10.8. The highest BCUT2D eigenvalue weighted by molar-refractivity contribution is 9.10. The fraction of sp³-hybridized carbons (Fsp3) is 0.188. The van der Waals surface area contributed by atoms with Crippen molar-refractivity contribution < 1.29 is 0 Å². The van der Waals surface area contributed by atoms with Gasteiger partial charge in [0.1, 0.15) is 5.69 Å². The van der Waals surface area contributed by atoms with Gasteiger partial charge < -0.3 is 4.57 Å². The van der Waals surface area contributed by atoms with E-state index in [1.165, 1.54) is 5.56 Å². The minimum atomic E-state index is 0.819. The molecule has 0 bridgehead atoms. The molecule has 0 aliphatic heterocycles. The summed E-state index contributed by atoms with van der Waals surface area (Å²) in [5, 5.41) is 9.55. The number of benzene rings is 1. The Labute approximate surface area is 142 Å². The van der Waals surface area contributed by atoms with Crippen LogP contribution in [0.25, 0.3) is 11.5 Å². The molecule has 0 aliphatic carbocycles. The zero-order chi connectivity index (χ0) is 15.4. The summed E-state index contributed by atoms with van der Waals surface area (Å²) < 4.78 is 3.20. The molecule has 0 atom stereocenters. The molecule has 4 nitrogen and oxygen atoms in total. The zero-order valence-electron chi connectivity index (χ0n) is 12.1. The highest BCUT2D eigenvalue weighted by Gasteiger charge is 2.13. The van der Waals surface area contributed by atoms with E-state index in [9.17, 15) is 0 Å². The van der Waals surface area contributed by atoms with Gasteiger partial charge in [-0.2, -0.15) is 0 Å². The summed E-state index contributed by atoms with van der Waals surface area (Å²) in [6.07, 6.45) is 1.78. The first-order valence-corrected chi connectivity index (χ1v) is 8.77. The summed E-state index contributed by atoms with van der Waals surface area (Å²) in [7, 11) is 0. The normalized spacial score (nSPS) is 10.8. The van der Waals surface area contributed by atoms with Crippen LogP contribution in [0.1, 0.15) is 12.5 Å². The van der Waals surface area contributed by atoms with Gasteiger partial charge in [0.05, 0.1) is 0 Å². The summed E-state index contributed by atoms with van der Waals surface area (Å²) in [4.78, 5) is 4.36. The van der Waals surface area contributed by atoms with Crippen LogP contribution in [0.4, 0.5) is 0 Å². The van der Waals surface area contributed by atoms with Gasteiger partial charge in [-0.05, 0) is 36.8 Å². The SMILES string of the molecule is CCn1c(SCc2cccc(Br)c2)nnc1-c1ccccn1. The Morgan fingerprint density at radius 2 is 2.05 bits per heavy atom. The highest BCUT2D eigenvalue weighted by Crippen LogP contribution is 2.26. The maximum atomic E-state index is 4.36. The van der Waals surface area contributed by atoms with Crippen LogP contribution in [0.5, 0.6) is 0 Å². The maximum absolute atomic E-state index is 4.36. The second-order valence-corrected chi connectivity index (χ2v) is 6.54. The van der Waals surface area contributed by atoms with Crippen LogP contribution in [0.2, 0.25) is 0 Å². The Balaban J connectivity index is 1.81. The van der Waals surface area contributed by atoms with E-state index in [-0.39, 0.29) is 0 Å². The van der Waals surface area contributed by atoms with Gasteiger partial charge in [0.15, 0.2) is 11.0 Å². The van der Waals surface area contributed by atoms with Gasteiger partial charge in [0.25, 0.3) is 0 Å². The van der Waals surface area contributed by atoms with Gasteiger partial charge in [-0.3, -0.25) is 4.98 Å². The van der Waals surface area contributed by atoms with Crippen LogP contribution >= 0.6 is 27.7 Å². The van der Waals surface area contributed by atoms with Crippen molar-refractivity contribution >= 4 is 27.7 Å². The van der Waals surface area contributed by atoms with Crippen LogP contribution in [0, 0.1) is 0 Å². The molecule has 112 valence electrons. The van der Waals surface area contributed by atoms with Crippen molar-refractivity contribution in [2.45, 2.75) is 24.4 Å². The molecule has 0 radical (unpaired) electrons. The number of pyridine rings is 1. The summed E-state index contributed by atoms with van der Waals surface area (Å²) >= 11 is 5.19. The number of hydrogen-bond donors (Lipinski definition) is 0. The number of halogens is 1. The number of hydrogen-bond acceptors (Lipinski definition) is 4. The van der Waals surface area contributed by atoms with E-state index < -0.39 is 0 Å². The van der Waals surface area contributed by atoms with Crippen molar-refractivity contribution in [1.82, 2.24) is 19.7 Å². The van der Waals surface area contributed by atoms with E-state index in [1.807, 2.05) is 30.3 Å². The molecular formula is C16H15BrN4S. The Kier molecular flexibility index (Phi) is 4.90. The smallest absolute Gasteiger partial charge is 0.191 e. The molecular weight excluding hydrogens is 360 g/mol. The number of aromatic nitrogens is 4. The summed E-state index contributed by atoms with van der Waals surface area (Å²) in [5.41, 5.74) is 2.11. The Morgan fingerprint density at radius 1 is 1.14 bits per heavy atom. The fourth-order valence-electron chi connectivity index (χ4n) is 2.14. The lowest BCUT2D eigenvalue weighted by atomic mass is 10.2. The van der Waals surface area contributed by atoms with Crippen molar-refractivity contribution in [3.8, 4) is 11.5 Å². The van der Waals surface area contributed by atoms with Crippen molar-refractivity contribution in [1.29, 1.82) is 0 Å². The summed E-state index contributed by atoms with van der Waals surface area (Å²) in [6, 6.07) is 14.1. The van der Waals surface area contributed by atoms with E-state index in [0.717, 1.165) is 33.4 Å². The molecule has 2 heterocycles. The minimum absolute atomic E-state index is 0.819. The molecule has 0 unspecified atom stereocenters. The standard InChI is InChI=1S/C16H15BrN4S/c1-2-21-15(14-8-3-4-9-18-14)19-20-16(21)22-11-12-6-5-7-13(17)10-12/h3-10H,2,11H2,1H3. The van der Waals surface area contributed by atoms with Gasteiger partial charge >= 0.3 is 0 Å². The first-order valence-electron chi connectivity index (χ1n) is 6.99. The van der Waals surface area contributed by atoms with Crippen LogP contribution in [0.15, 0.2) is 58.3 Å².